The number of hydrogen-bond acceptors (Lipinski definition) is 2. The molecule has 0 amide bonds. The Morgan fingerprint density at radius 2 is 2.00 bits per heavy atom. The molecule has 0 bridgehead atoms. The maximum absolute atomic E-state index is 13.1. The fraction of sp³-hybridized carbons (Fsp3) is 0.200. The molecule has 19 heavy (non-hydrogen) atoms. The molecule has 4 heteroatoms. The van der Waals surface area contributed by atoms with Gasteiger partial charge in [0.15, 0.2) is 0 Å². The van der Waals surface area contributed by atoms with E-state index < -0.39 is 5.82 Å². The van der Waals surface area contributed by atoms with Crippen LogP contribution >= 0.6 is 11.6 Å². The number of benzene rings is 2. The summed E-state index contributed by atoms with van der Waals surface area (Å²) in [5.74, 6) is 0.689. The molecule has 2 N–H and O–H groups in total. The lowest BCUT2D eigenvalue weighted by Gasteiger charge is -2.15. The summed E-state index contributed by atoms with van der Waals surface area (Å²) in [7, 11) is 0. The van der Waals surface area contributed by atoms with Gasteiger partial charge < -0.3 is 10.5 Å². The normalized spacial score (nSPS) is 12.2. The molecule has 2 nitrogen and oxygen atoms in total. The van der Waals surface area contributed by atoms with Gasteiger partial charge in [0.1, 0.15) is 17.3 Å². The zero-order valence-corrected chi connectivity index (χ0v) is 11.3. The van der Waals surface area contributed by atoms with Crippen LogP contribution in [0.25, 0.3) is 0 Å². The van der Waals surface area contributed by atoms with Crippen LogP contribution in [0.5, 0.6) is 11.5 Å². The van der Waals surface area contributed by atoms with E-state index in [1.54, 1.807) is 0 Å². The van der Waals surface area contributed by atoms with Crippen LogP contribution in [0.15, 0.2) is 42.5 Å². The third kappa shape index (κ3) is 3.25. The lowest BCUT2D eigenvalue weighted by atomic mass is 10.0. The lowest BCUT2D eigenvalue weighted by molar-refractivity contribution is 0.467. The second-order valence-electron chi connectivity index (χ2n) is 4.23. The molecular weight excluding hydrogens is 265 g/mol. The highest BCUT2D eigenvalue weighted by atomic mass is 35.5. The number of halogens is 2. The van der Waals surface area contributed by atoms with E-state index in [9.17, 15) is 4.39 Å². The van der Waals surface area contributed by atoms with Gasteiger partial charge in [-0.1, -0.05) is 36.7 Å². The first-order valence-electron chi connectivity index (χ1n) is 6.09. The smallest absolute Gasteiger partial charge is 0.142 e. The highest BCUT2D eigenvalue weighted by molar-refractivity contribution is 6.30. The summed E-state index contributed by atoms with van der Waals surface area (Å²) in [6.07, 6.45) is 0.810. The molecule has 0 spiro atoms. The van der Waals surface area contributed by atoms with Gasteiger partial charge in [-0.3, -0.25) is 0 Å². The average molecular weight is 280 g/mol. The van der Waals surface area contributed by atoms with E-state index >= 15 is 0 Å². The Kier molecular flexibility index (Phi) is 4.40. The number of hydrogen-bond donors (Lipinski definition) is 1. The minimum atomic E-state index is -0.465. The molecule has 0 saturated heterocycles. The first-order chi connectivity index (χ1) is 9.11. The van der Waals surface area contributed by atoms with E-state index in [0.717, 1.165) is 12.0 Å². The minimum absolute atomic E-state index is 0.0368. The van der Waals surface area contributed by atoms with Crippen LogP contribution < -0.4 is 10.5 Å². The Hall–Kier alpha value is -1.58. The van der Waals surface area contributed by atoms with Crippen LogP contribution in [0.4, 0.5) is 4.39 Å². The molecule has 2 rings (SSSR count). The predicted octanol–water partition coefficient (Wildman–Crippen LogP) is 4.68. The van der Waals surface area contributed by atoms with Gasteiger partial charge in [-0.05, 0) is 24.6 Å². The quantitative estimate of drug-likeness (QED) is 0.882. The molecule has 0 unspecified atom stereocenters. The Morgan fingerprint density at radius 1 is 1.26 bits per heavy atom. The van der Waals surface area contributed by atoms with Crippen molar-refractivity contribution < 1.29 is 9.13 Å². The Labute approximate surface area is 117 Å². The predicted molar refractivity (Wildman–Crippen MR) is 75.1 cm³/mol. The Bertz CT molecular complexity index is 574. The second kappa shape index (κ2) is 6.04. The number of para-hydroxylation sites is 1. The molecule has 2 aromatic carbocycles. The largest absolute Gasteiger partial charge is 0.457 e. The van der Waals surface area contributed by atoms with Gasteiger partial charge in [0.2, 0.25) is 0 Å². The van der Waals surface area contributed by atoms with Gasteiger partial charge in [0.05, 0.1) is 5.02 Å². The zero-order chi connectivity index (χ0) is 13.8. The number of nitrogens with two attached hydrogens (primary N) is 1. The van der Waals surface area contributed by atoms with Crippen molar-refractivity contribution in [3.63, 3.8) is 0 Å². The molecular formula is C15H15ClFNO. The minimum Gasteiger partial charge on any atom is -0.457 e. The van der Waals surface area contributed by atoms with Crippen LogP contribution in [0.3, 0.4) is 0 Å². The van der Waals surface area contributed by atoms with Gasteiger partial charge in [0, 0.05) is 17.7 Å². The van der Waals surface area contributed by atoms with Crippen LogP contribution in [0.1, 0.15) is 24.9 Å². The molecule has 100 valence electrons. The first kappa shape index (κ1) is 13.8. The molecule has 0 aliphatic rings. The van der Waals surface area contributed by atoms with Crippen molar-refractivity contribution in [2.24, 2.45) is 5.73 Å². The topological polar surface area (TPSA) is 35.2 Å². The third-order valence-electron chi connectivity index (χ3n) is 2.88. The third-order valence-corrected chi connectivity index (χ3v) is 3.17. The van der Waals surface area contributed by atoms with Gasteiger partial charge in [-0.2, -0.15) is 0 Å². The monoisotopic (exact) mass is 279 g/mol. The molecule has 0 fully saturated rings. The summed E-state index contributed by atoms with van der Waals surface area (Å²) in [4.78, 5) is 0. The van der Waals surface area contributed by atoms with Crippen LogP contribution in [-0.2, 0) is 0 Å². The van der Waals surface area contributed by atoms with Crippen molar-refractivity contribution in [1.82, 2.24) is 0 Å². The maximum atomic E-state index is 13.1. The van der Waals surface area contributed by atoms with Crippen LogP contribution in [-0.4, -0.2) is 0 Å². The summed E-state index contributed by atoms with van der Waals surface area (Å²) in [5, 5.41) is 0.0368. The lowest BCUT2D eigenvalue weighted by Crippen LogP contribution is -2.09. The van der Waals surface area contributed by atoms with Crippen LogP contribution in [0, 0.1) is 5.82 Å². The maximum Gasteiger partial charge on any atom is 0.142 e. The number of ether oxygens (including phenoxy) is 1. The van der Waals surface area contributed by atoms with Crippen molar-refractivity contribution in [3.8, 4) is 11.5 Å². The zero-order valence-electron chi connectivity index (χ0n) is 10.6. The van der Waals surface area contributed by atoms with Gasteiger partial charge in [-0.15, -0.1) is 0 Å². The molecule has 0 radical (unpaired) electrons. The second-order valence-corrected chi connectivity index (χ2v) is 4.64. The van der Waals surface area contributed by atoms with Gasteiger partial charge in [-0.25, -0.2) is 4.39 Å². The summed E-state index contributed by atoms with van der Waals surface area (Å²) >= 11 is 5.73. The summed E-state index contributed by atoms with van der Waals surface area (Å²) in [6.45, 7) is 2.01. The fourth-order valence-corrected chi connectivity index (χ4v) is 1.94. The van der Waals surface area contributed by atoms with Crippen molar-refractivity contribution in [1.29, 1.82) is 0 Å². The molecule has 2 aromatic rings. The SMILES string of the molecule is CC[C@@H](N)c1ccccc1Oc1ccc(F)c(Cl)c1. The van der Waals surface area contributed by atoms with Crippen molar-refractivity contribution in [2.45, 2.75) is 19.4 Å². The average Bonchev–Trinajstić information content (AvgIpc) is 2.43. The van der Waals surface area contributed by atoms with Crippen molar-refractivity contribution in [3.05, 3.63) is 58.9 Å². The van der Waals surface area contributed by atoms with E-state index in [4.69, 9.17) is 22.1 Å². The standard InChI is InChI=1S/C15H15ClFNO/c1-2-14(18)11-5-3-4-6-15(11)19-10-7-8-13(17)12(16)9-10/h3-9,14H,2,18H2,1H3/t14-/m1/s1. The van der Waals surface area contributed by atoms with Gasteiger partial charge >= 0.3 is 0 Å². The molecule has 0 saturated carbocycles. The Balaban J connectivity index is 2.30. The molecule has 0 heterocycles. The number of rotatable bonds is 4. The highest BCUT2D eigenvalue weighted by Gasteiger charge is 2.11. The summed E-state index contributed by atoms with van der Waals surface area (Å²) < 4.78 is 18.8. The highest BCUT2D eigenvalue weighted by Crippen LogP contribution is 2.31. The molecule has 0 aliphatic carbocycles. The van der Waals surface area contributed by atoms with Crippen LogP contribution in [0.2, 0.25) is 5.02 Å². The van der Waals surface area contributed by atoms with E-state index in [0.29, 0.717) is 11.5 Å². The van der Waals surface area contributed by atoms with Gasteiger partial charge in [0.25, 0.3) is 0 Å². The van der Waals surface area contributed by atoms with E-state index in [1.165, 1.54) is 18.2 Å². The van der Waals surface area contributed by atoms with E-state index in [-0.39, 0.29) is 11.1 Å². The summed E-state index contributed by atoms with van der Waals surface area (Å²) in [5.41, 5.74) is 6.96. The summed E-state index contributed by atoms with van der Waals surface area (Å²) in [6, 6.07) is 11.7. The molecule has 1 atom stereocenters. The first-order valence-corrected chi connectivity index (χ1v) is 6.47. The van der Waals surface area contributed by atoms with E-state index in [2.05, 4.69) is 0 Å². The Morgan fingerprint density at radius 3 is 2.68 bits per heavy atom. The molecule has 0 aliphatic heterocycles. The fourth-order valence-electron chi connectivity index (χ4n) is 1.77. The van der Waals surface area contributed by atoms with Crippen molar-refractivity contribution in [2.75, 3.05) is 0 Å². The van der Waals surface area contributed by atoms with E-state index in [1.807, 2.05) is 31.2 Å². The van der Waals surface area contributed by atoms with Crippen molar-refractivity contribution >= 4 is 11.6 Å². The molecule has 0 aromatic heterocycles.